The number of methoxy groups -OCH3 is 1. The highest BCUT2D eigenvalue weighted by Crippen LogP contribution is 2.32. The van der Waals surface area contributed by atoms with Gasteiger partial charge in [-0.05, 0) is 50.2 Å². The lowest BCUT2D eigenvalue weighted by Gasteiger charge is -2.23. The molecule has 1 N–H and O–H groups in total. The number of nitrogens with zero attached hydrogens (tertiary/aromatic N) is 2. The van der Waals surface area contributed by atoms with E-state index in [2.05, 4.69) is 13.8 Å². The second-order valence-electron chi connectivity index (χ2n) is 6.50. The van der Waals surface area contributed by atoms with Crippen molar-refractivity contribution >= 4 is 44.2 Å². The minimum absolute atomic E-state index is 0.0833. The van der Waals surface area contributed by atoms with Gasteiger partial charge in [-0.3, -0.25) is 9.69 Å². The number of ether oxygens (including phenoxy) is 1. The van der Waals surface area contributed by atoms with Crippen molar-refractivity contribution in [3.05, 3.63) is 53.1 Å². The third-order valence-corrected chi connectivity index (χ3v) is 6.10. The summed E-state index contributed by atoms with van der Waals surface area (Å²) in [7, 11) is 1.64. The van der Waals surface area contributed by atoms with Crippen molar-refractivity contribution in [2.24, 2.45) is 0 Å². The Kier molecular flexibility index (Phi) is 6.88. The van der Waals surface area contributed by atoms with Gasteiger partial charge < -0.3 is 9.64 Å². The van der Waals surface area contributed by atoms with Crippen LogP contribution in [0.15, 0.2) is 42.5 Å². The zero-order valence-electron chi connectivity index (χ0n) is 16.4. The minimum atomic E-state index is -0.0833. The van der Waals surface area contributed by atoms with Gasteiger partial charge in [-0.2, -0.15) is 0 Å². The maximum Gasteiger partial charge on any atom is 0.260 e. The van der Waals surface area contributed by atoms with E-state index < -0.39 is 0 Å². The number of anilines is 1. The van der Waals surface area contributed by atoms with Crippen LogP contribution in [-0.4, -0.2) is 44.2 Å². The summed E-state index contributed by atoms with van der Waals surface area (Å²) in [6, 6.07) is 12.8. The topological polar surface area (TPSA) is 46.9 Å². The molecule has 0 spiro atoms. The predicted molar refractivity (Wildman–Crippen MR) is 116 cm³/mol. The number of aromatic nitrogens is 1. The Bertz CT molecular complexity index is 956. The Hall–Kier alpha value is -2.15. The molecule has 3 aromatic rings. The van der Waals surface area contributed by atoms with Crippen LogP contribution in [-0.2, 0) is 0 Å². The standard InChI is InChI=1S/C21H24ClN3O2S/c1-4-24(5-2)11-12-25(20(26)15-7-6-8-16(22)13-15)21-23-18-10-9-17(27-3)14-19(18)28-21/h6-10,13-14H,4-5,11-12H2,1-3H3/p+1. The number of rotatable bonds is 8. The lowest BCUT2D eigenvalue weighted by molar-refractivity contribution is -0.894. The van der Waals surface area contributed by atoms with Crippen LogP contribution in [0.4, 0.5) is 5.13 Å². The summed E-state index contributed by atoms with van der Waals surface area (Å²) < 4.78 is 6.30. The second-order valence-corrected chi connectivity index (χ2v) is 7.95. The van der Waals surface area contributed by atoms with E-state index in [1.165, 1.54) is 16.2 Å². The highest BCUT2D eigenvalue weighted by atomic mass is 35.5. The van der Waals surface area contributed by atoms with Crippen LogP contribution in [0.25, 0.3) is 10.2 Å². The molecule has 2 aromatic carbocycles. The Morgan fingerprint density at radius 2 is 2.00 bits per heavy atom. The number of amides is 1. The monoisotopic (exact) mass is 418 g/mol. The van der Waals surface area contributed by atoms with Gasteiger partial charge in [0.15, 0.2) is 5.13 Å². The fourth-order valence-corrected chi connectivity index (χ4v) is 4.28. The van der Waals surface area contributed by atoms with Crippen LogP contribution in [0.3, 0.4) is 0 Å². The molecule has 0 unspecified atom stereocenters. The average Bonchev–Trinajstić information content (AvgIpc) is 3.13. The van der Waals surface area contributed by atoms with E-state index in [-0.39, 0.29) is 5.91 Å². The summed E-state index contributed by atoms with van der Waals surface area (Å²) in [4.78, 5) is 21.2. The molecule has 5 nitrogen and oxygen atoms in total. The van der Waals surface area contributed by atoms with Crippen molar-refractivity contribution in [2.75, 3.05) is 38.2 Å². The highest BCUT2D eigenvalue weighted by molar-refractivity contribution is 7.22. The van der Waals surface area contributed by atoms with E-state index in [0.29, 0.717) is 22.3 Å². The summed E-state index contributed by atoms with van der Waals surface area (Å²) in [6.07, 6.45) is 0. The lowest BCUT2D eigenvalue weighted by atomic mass is 10.2. The summed E-state index contributed by atoms with van der Waals surface area (Å²) in [5, 5.41) is 1.24. The Labute approximate surface area is 174 Å². The van der Waals surface area contributed by atoms with Crippen molar-refractivity contribution in [3.63, 3.8) is 0 Å². The van der Waals surface area contributed by atoms with E-state index >= 15 is 0 Å². The summed E-state index contributed by atoms with van der Waals surface area (Å²) in [6.45, 7) is 7.81. The van der Waals surface area contributed by atoms with Gasteiger partial charge in [0.2, 0.25) is 0 Å². The van der Waals surface area contributed by atoms with Crippen molar-refractivity contribution in [1.29, 1.82) is 0 Å². The number of likely N-dealkylation sites (N-methyl/N-ethyl adjacent to an activating group) is 1. The van der Waals surface area contributed by atoms with E-state index in [9.17, 15) is 4.79 Å². The maximum atomic E-state index is 13.3. The van der Waals surface area contributed by atoms with Gasteiger partial charge in [0.25, 0.3) is 5.91 Å². The second kappa shape index (κ2) is 9.37. The average molecular weight is 419 g/mol. The Balaban J connectivity index is 1.96. The number of benzene rings is 2. The predicted octanol–water partition coefficient (Wildman–Crippen LogP) is 3.53. The number of hydrogen-bond acceptors (Lipinski definition) is 4. The van der Waals surface area contributed by atoms with Crippen molar-refractivity contribution in [2.45, 2.75) is 13.8 Å². The normalized spacial score (nSPS) is 11.2. The molecule has 0 aliphatic carbocycles. The molecule has 0 saturated heterocycles. The largest absolute Gasteiger partial charge is 0.497 e. The zero-order chi connectivity index (χ0) is 20.1. The first-order valence-electron chi connectivity index (χ1n) is 9.41. The molecule has 0 atom stereocenters. The third-order valence-electron chi connectivity index (χ3n) is 4.82. The van der Waals surface area contributed by atoms with E-state index in [1.54, 1.807) is 36.3 Å². The first-order valence-corrected chi connectivity index (χ1v) is 10.6. The number of halogens is 1. The van der Waals surface area contributed by atoms with Gasteiger partial charge in [0, 0.05) is 10.6 Å². The molecule has 7 heteroatoms. The molecule has 0 saturated carbocycles. The number of nitrogens with one attached hydrogen (secondary N) is 1. The molecule has 1 aromatic heterocycles. The summed E-state index contributed by atoms with van der Waals surface area (Å²) in [5.74, 6) is 0.697. The van der Waals surface area contributed by atoms with Gasteiger partial charge in [-0.1, -0.05) is 29.0 Å². The van der Waals surface area contributed by atoms with Crippen LogP contribution in [0.5, 0.6) is 5.75 Å². The number of hydrogen-bond donors (Lipinski definition) is 1. The zero-order valence-corrected chi connectivity index (χ0v) is 17.9. The number of carbonyl (C=O) groups excluding carboxylic acids is 1. The number of quaternary nitrogens is 1. The van der Waals surface area contributed by atoms with Crippen molar-refractivity contribution < 1.29 is 14.4 Å². The molecule has 3 rings (SSSR count). The first kappa shape index (κ1) is 20.6. The van der Waals surface area contributed by atoms with Gasteiger partial charge in [0.1, 0.15) is 5.75 Å². The minimum Gasteiger partial charge on any atom is -0.497 e. The Morgan fingerprint density at radius 3 is 2.68 bits per heavy atom. The van der Waals surface area contributed by atoms with Gasteiger partial charge in [-0.15, -0.1) is 0 Å². The Morgan fingerprint density at radius 1 is 1.21 bits per heavy atom. The molecule has 0 bridgehead atoms. The molecule has 0 aliphatic rings. The van der Waals surface area contributed by atoms with Gasteiger partial charge in [0.05, 0.1) is 43.5 Å². The molecule has 1 amide bonds. The SMILES string of the molecule is CC[NH+](CC)CCN(C(=O)c1cccc(Cl)c1)c1nc2ccc(OC)cc2s1. The summed E-state index contributed by atoms with van der Waals surface area (Å²) >= 11 is 7.61. The van der Waals surface area contributed by atoms with E-state index in [0.717, 1.165) is 35.6 Å². The molecule has 0 fully saturated rings. The third kappa shape index (κ3) is 4.63. The molecular weight excluding hydrogens is 394 g/mol. The molecule has 1 heterocycles. The van der Waals surface area contributed by atoms with Gasteiger partial charge >= 0.3 is 0 Å². The van der Waals surface area contributed by atoms with Crippen molar-refractivity contribution in [1.82, 2.24) is 4.98 Å². The van der Waals surface area contributed by atoms with Crippen LogP contribution in [0, 0.1) is 0 Å². The van der Waals surface area contributed by atoms with Crippen LogP contribution >= 0.6 is 22.9 Å². The molecular formula is C21H25ClN3O2S+. The number of fused-ring (bicyclic) bond motifs is 1. The quantitative estimate of drug-likeness (QED) is 0.608. The van der Waals surface area contributed by atoms with Crippen molar-refractivity contribution in [3.8, 4) is 5.75 Å². The first-order chi connectivity index (χ1) is 13.5. The molecule has 0 radical (unpaired) electrons. The smallest absolute Gasteiger partial charge is 0.260 e. The molecule has 28 heavy (non-hydrogen) atoms. The number of carbonyl (C=O) groups is 1. The number of thiazole rings is 1. The highest BCUT2D eigenvalue weighted by Gasteiger charge is 2.23. The molecule has 0 aliphatic heterocycles. The fourth-order valence-electron chi connectivity index (χ4n) is 3.07. The van der Waals surface area contributed by atoms with Crippen LogP contribution in [0.2, 0.25) is 5.02 Å². The van der Waals surface area contributed by atoms with Gasteiger partial charge in [-0.25, -0.2) is 4.98 Å². The fraction of sp³-hybridized carbons (Fsp3) is 0.333. The van der Waals surface area contributed by atoms with E-state index in [4.69, 9.17) is 21.3 Å². The van der Waals surface area contributed by atoms with E-state index in [1.807, 2.05) is 18.2 Å². The van der Waals surface area contributed by atoms with Crippen LogP contribution in [0.1, 0.15) is 24.2 Å². The lowest BCUT2D eigenvalue weighted by Crippen LogP contribution is -3.12. The molecule has 148 valence electrons. The summed E-state index contributed by atoms with van der Waals surface area (Å²) in [5.41, 5.74) is 1.43. The maximum absolute atomic E-state index is 13.3. The van der Waals surface area contributed by atoms with Crippen LogP contribution < -0.4 is 14.5 Å².